The molecule has 7 heteroatoms. The number of alkyl carbamates (subject to hydrolysis) is 1. The lowest BCUT2D eigenvalue weighted by Gasteiger charge is -2.29. The fraction of sp³-hybridized carbons (Fsp3) is 0.250. The maximum atomic E-state index is 13.2. The number of hydrogen-bond donors (Lipinski definition) is 3. The van der Waals surface area contributed by atoms with Crippen molar-refractivity contribution in [3.05, 3.63) is 89.5 Å². The van der Waals surface area contributed by atoms with E-state index in [4.69, 9.17) is 4.74 Å². The molecular formula is C28H26N2O5. The molecule has 0 saturated heterocycles. The smallest absolute Gasteiger partial charge is 0.408 e. The molecule has 178 valence electrons. The molecule has 2 aliphatic carbocycles. The van der Waals surface area contributed by atoms with Gasteiger partial charge >= 0.3 is 12.1 Å². The summed E-state index contributed by atoms with van der Waals surface area (Å²) in [6.45, 7) is 0.165. The molecule has 2 aliphatic rings. The summed E-state index contributed by atoms with van der Waals surface area (Å²) < 4.78 is 5.67. The molecular weight excluding hydrogens is 444 g/mol. The van der Waals surface area contributed by atoms with Crippen LogP contribution in [0.3, 0.4) is 0 Å². The highest BCUT2D eigenvalue weighted by Gasteiger charge is 2.43. The normalized spacial score (nSPS) is 15.7. The molecule has 0 aliphatic heterocycles. The van der Waals surface area contributed by atoms with Gasteiger partial charge in [0, 0.05) is 11.6 Å². The first-order chi connectivity index (χ1) is 17.0. The molecule has 5 rings (SSSR count). The van der Waals surface area contributed by atoms with E-state index in [2.05, 4.69) is 34.9 Å². The van der Waals surface area contributed by atoms with Crippen molar-refractivity contribution >= 4 is 23.7 Å². The van der Waals surface area contributed by atoms with Crippen LogP contribution in [-0.4, -0.2) is 35.2 Å². The lowest BCUT2D eigenvalue weighted by Crippen LogP contribution is -2.55. The molecule has 0 spiro atoms. The van der Waals surface area contributed by atoms with Gasteiger partial charge in [-0.15, -0.1) is 0 Å². The Morgan fingerprint density at radius 1 is 0.886 bits per heavy atom. The number of carbonyl (C=O) groups is 3. The van der Waals surface area contributed by atoms with Gasteiger partial charge in [0.2, 0.25) is 5.91 Å². The molecule has 3 N–H and O–H groups in total. The van der Waals surface area contributed by atoms with E-state index in [1.165, 1.54) is 12.1 Å². The van der Waals surface area contributed by atoms with Crippen LogP contribution >= 0.6 is 0 Å². The van der Waals surface area contributed by atoms with E-state index in [1.807, 2.05) is 24.3 Å². The predicted molar refractivity (Wildman–Crippen MR) is 131 cm³/mol. The average Bonchev–Trinajstić information content (AvgIpc) is 3.46. The zero-order valence-corrected chi connectivity index (χ0v) is 19.1. The molecule has 2 amide bonds. The summed E-state index contributed by atoms with van der Waals surface area (Å²) in [5, 5.41) is 14.8. The average molecular weight is 471 g/mol. The van der Waals surface area contributed by atoms with Crippen LogP contribution in [0.2, 0.25) is 0 Å². The first-order valence-electron chi connectivity index (χ1n) is 11.7. The third-order valence-corrected chi connectivity index (χ3v) is 6.94. The fourth-order valence-electron chi connectivity index (χ4n) is 5.20. The van der Waals surface area contributed by atoms with Crippen molar-refractivity contribution in [2.45, 2.75) is 37.1 Å². The van der Waals surface area contributed by atoms with Crippen LogP contribution in [0.15, 0.2) is 72.8 Å². The number of benzene rings is 3. The fourth-order valence-corrected chi connectivity index (χ4v) is 5.20. The minimum Gasteiger partial charge on any atom is -0.478 e. The monoisotopic (exact) mass is 470 g/mol. The van der Waals surface area contributed by atoms with Gasteiger partial charge in [0.05, 0.1) is 5.56 Å². The molecule has 0 heterocycles. The topological polar surface area (TPSA) is 105 Å². The third-order valence-electron chi connectivity index (χ3n) is 6.94. The van der Waals surface area contributed by atoms with Crippen LogP contribution in [0.4, 0.5) is 10.5 Å². The van der Waals surface area contributed by atoms with E-state index in [0.717, 1.165) is 35.1 Å². The Balaban J connectivity index is 1.28. The number of hydrogen-bond acceptors (Lipinski definition) is 4. The van der Waals surface area contributed by atoms with Crippen molar-refractivity contribution < 1.29 is 24.2 Å². The molecule has 0 atom stereocenters. The Kier molecular flexibility index (Phi) is 5.99. The Morgan fingerprint density at radius 2 is 1.51 bits per heavy atom. The second-order valence-electron chi connectivity index (χ2n) is 9.08. The first-order valence-corrected chi connectivity index (χ1v) is 11.7. The molecule has 0 radical (unpaired) electrons. The van der Waals surface area contributed by atoms with Crippen LogP contribution in [0.25, 0.3) is 11.1 Å². The van der Waals surface area contributed by atoms with Gasteiger partial charge in [-0.1, -0.05) is 67.4 Å². The summed E-state index contributed by atoms with van der Waals surface area (Å²) in [6, 6.07) is 22.3. The minimum atomic E-state index is -1.10. The van der Waals surface area contributed by atoms with Crippen molar-refractivity contribution in [1.82, 2.24) is 5.32 Å². The summed E-state index contributed by atoms with van der Waals surface area (Å²) in [4.78, 5) is 37.4. The second-order valence-corrected chi connectivity index (χ2v) is 9.08. The summed E-state index contributed by atoms with van der Waals surface area (Å²) in [7, 11) is 0. The van der Waals surface area contributed by atoms with E-state index in [-0.39, 0.29) is 24.0 Å². The summed E-state index contributed by atoms with van der Waals surface area (Å²) in [5.74, 6) is -1.51. The number of anilines is 1. The number of nitrogens with one attached hydrogen (secondary N) is 2. The number of rotatable bonds is 6. The highest BCUT2D eigenvalue weighted by atomic mass is 16.5. The molecule has 35 heavy (non-hydrogen) atoms. The van der Waals surface area contributed by atoms with Crippen molar-refractivity contribution in [2.75, 3.05) is 11.9 Å². The van der Waals surface area contributed by atoms with Gasteiger partial charge in [-0.2, -0.15) is 0 Å². The van der Waals surface area contributed by atoms with Gasteiger partial charge in [-0.3, -0.25) is 4.79 Å². The van der Waals surface area contributed by atoms with Crippen LogP contribution < -0.4 is 10.6 Å². The van der Waals surface area contributed by atoms with E-state index >= 15 is 0 Å². The van der Waals surface area contributed by atoms with Crippen LogP contribution in [0.1, 0.15) is 53.1 Å². The van der Waals surface area contributed by atoms with Crippen LogP contribution in [-0.2, 0) is 9.53 Å². The van der Waals surface area contributed by atoms with Crippen molar-refractivity contribution in [3.8, 4) is 11.1 Å². The first kappa shape index (κ1) is 22.7. The summed E-state index contributed by atoms with van der Waals surface area (Å²) in [5.41, 5.74) is 3.88. The largest absolute Gasteiger partial charge is 0.478 e. The minimum absolute atomic E-state index is 0.0692. The summed E-state index contributed by atoms with van der Waals surface area (Å²) in [6.07, 6.45) is 1.94. The number of carboxylic acids is 1. The molecule has 3 aromatic carbocycles. The van der Waals surface area contributed by atoms with Crippen molar-refractivity contribution in [1.29, 1.82) is 0 Å². The SMILES string of the molecule is O=C(NC1(C(=O)Nc2cccc(C(=O)O)c2)CCCC1)OCC1c2ccccc2-c2ccccc21. The quantitative estimate of drug-likeness (QED) is 0.461. The molecule has 0 aromatic heterocycles. The number of fused-ring (bicyclic) bond motifs is 3. The third kappa shape index (κ3) is 4.37. The lowest BCUT2D eigenvalue weighted by atomic mass is 9.96. The van der Waals surface area contributed by atoms with Crippen molar-refractivity contribution in [3.63, 3.8) is 0 Å². The van der Waals surface area contributed by atoms with Crippen LogP contribution in [0, 0.1) is 0 Å². The Morgan fingerprint density at radius 3 is 2.14 bits per heavy atom. The Labute approximate surface area is 203 Å². The van der Waals surface area contributed by atoms with Gasteiger partial charge in [0.15, 0.2) is 0 Å². The molecule has 1 saturated carbocycles. The lowest BCUT2D eigenvalue weighted by molar-refractivity contribution is -0.122. The van der Waals surface area contributed by atoms with Gasteiger partial charge < -0.3 is 20.5 Å². The maximum absolute atomic E-state index is 13.2. The zero-order chi connectivity index (χ0) is 24.4. The molecule has 1 fully saturated rings. The molecule has 0 bridgehead atoms. The number of aromatic carboxylic acids is 1. The maximum Gasteiger partial charge on any atom is 0.408 e. The summed E-state index contributed by atoms with van der Waals surface area (Å²) >= 11 is 0. The standard InChI is InChI=1S/C28H26N2O5/c31-25(32)18-8-7-9-19(16-18)29-26(33)28(14-5-6-15-28)30-27(34)35-17-24-22-12-3-1-10-20(22)21-11-2-4-13-23(21)24/h1-4,7-13,16,24H,5-6,14-15,17H2,(H,29,33)(H,30,34)(H,31,32). The number of ether oxygens (including phenoxy) is 1. The van der Waals surface area contributed by atoms with Gasteiger partial charge in [-0.05, 0) is 53.3 Å². The van der Waals surface area contributed by atoms with E-state index in [1.54, 1.807) is 12.1 Å². The van der Waals surface area contributed by atoms with E-state index in [0.29, 0.717) is 18.5 Å². The Bertz CT molecular complexity index is 1250. The van der Waals surface area contributed by atoms with Gasteiger partial charge in [0.25, 0.3) is 0 Å². The molecule has 3 aromatic rings. The zero-order valence-electron chi connectivity index (χ0n) is 19.1. The predicted octanol–water partition coefficient (Wildman–Crippen LogP) is 5.17. The number of amides is 2. The van der Waals surface area contributed by atoms with E-state index < -0.39 is 17.6 Å². The molecule has 0 unspecified atom stereocenters. The van der Waals surface area contributed by atoms with Gasteiger partial charge in [0.1, 0.15) is 12.1 Å². The number of carboxylic acid groups (broad SMARTS) is 1. The highest BCUT2D eigenvalue weighted by Crippen LogP contribution is 2.44. The highest BCUT2D eigenvalue weighted by molar-refractivity contribution is 6.01. The molecule has 7 nitrogen and oxygen atoms in total. The Hall–Kier alpha value is -4.13. The van der Waals surface area contributed by atoms with Gasteiger partial charge in [-0.25, -0.2) is 9.59 Å². The van der Waals surface area contributed by atoms with E-state index in [9.17, 15) is 19.5 Å². The van der Waals surface area contributed by atoms with Crippen molar-refractivity contribution in [2.24, 2.45) is 0 Å². The second kappa shape index (κ2) is 9.25. The number of carbonyl (C=O) groups excluding carboxylic acids is 2. The van der Waals surface area contributed by atoms with Crippen LogP contribution in [0.5, 0.6) is 0 Å².